The molecule has 1 aliphatic rings. The minimum atomic E-state index is -0.244. The minimum absolute atomic E-state index is 0.124. The van der Waals surface area contributed by atoms with Crippen LogP contribution in [0, 0.1) is 0 Å². The Morgan fingerprint density at radius 1 is 1.69 bits per heavy atom. The molecule has 1 fully saturated rings. The number of aryl methyl sites for hydroxylation is 1. The van der Waals surface area contributed by atoms with Crippen molar-refractivity contribution < 1.29 is 9.90 Å². The highest BCUT2D eigenvalue weighted by Gasteiger charge is 2.27. The van der Waals surface area contributed by atoms with Gasteiger partial charge in [-0.3, -0.25) is 9.48 Å². The highest BCUT2D eigenvalue weighted by Crippen LogP contribution is 2.19. The first kappa shape index (κ1) is 10.9. The number of carbonyl (C=O) groups is 1. The van der Waals surface area contributed by atoms with Gasteiger partial charge in [0.15, 0.2) is 0 Å². The first-order valence-electron chi connectivity index (χ1n) is 5.30. The van der Waals surface area contributed by atoms with Crippen molar-refractivity contribution in [1.82, 2.24) is 15.1 Å². The monoisotopic (exact) mass is 221 g/mol. The summed E-state index contributed by atoms with van der Waals surface area (Å²) < 4.78 is 1.69. The Kier molecular flexibility index (Phi) is 3.05. The van der Waals surface area contributed by atoms with Crippen molar-refractivity contribution in [2.24, 2.45) is 7.05 Å². The molecule has 0 aliphatic heterocycles. The molecular weight excluding hydrogens is 206 g/mol. The van der Waals surface area contributed by atoms with E-state index in [-0.39, 0.29) is 18.1 Å². The molecule has 1 aliphatic carbocycles. The number of rotatable bonds is 3. The third-order valence-electron chi connectivity index (χ3n) is 2.72. The van der Waals surface area contributed by atoms with Crippen LogP contribution in [0.25, 0.3) is 6.08 Å². The molecule has 1 amide bonds. The first-order chi connectivity index (χ1) is 7.65. The Labute approximate surface area is 93.8 Å². The molecule has 1 heterocycles. The topological polar surface area (TPSA) is 67.2 Å². The van der Waals surface area contributed by atoms with Gasteiger partial charge < -0.3 is 10.4 Å². The number of hydrogen-bond donors (Lipinski definition) is 2. The number of aliphatic hydroxyl groups is 1. The second kappa shape index (κ2) is 4.49. The largest absolute Gasteiger partial charge is 0.393 e. The van der Waals surface area contributed by atoms with Gasteiger partial charge in [0.1, 0.15) is 0 Å². The molecule has 1 aromatic heterocycles. The predicted octanol–water partition coefficient (Wildman–Crippen LogP) is 0.0728. The van der Waals surface area contributed by atoms with E-state index in [1.807, 2.05) is 13.1 Å². The van der Waals surface area contributed by atoms with Gasteiger partial charge >= 0.3 is 0 Å². The van der Waals surface area contributed by atoms with E-state index < -0.39 is 0 Å². The summed E-state index contributed by atoms with van der Waals surface area (Å²) in [5.41, 5.74) is 0.879. The maximum atomic E-state index is 11.5. The van der Waals surface area contributed by atoms with Gasteiger partial charge in [0, 0.05) is 25.4 Å². The van der Waals surface area contributed by atoms with Crippen molar-refractivity contribution in [3.8, 4) is 0 Å². The summed E-state index contributed by atoms with van der Waals surface area (Å²) in [7, 11) is 1.82. The van der Waals surface area contributed by atoms with Crippen molar-refractivity contribution in [3.63, 3.8) is 0 Å². The molecule has 0 unspecified atom stereocenters. The van der Waals surface area contributed by atoms with E-state index in [1.165, 1.54) is 6.08 Å². The second-order valence-electron chi connectivity index (χ2n) is 4.04. The van der Waals surface area contributed by atoms with Crippen LogP contribution in [0.3, 0.4) is 0 Å². The Bertz CT molecular complexity index is 405. The number of nitrogens with one attached hydrogen (secondary N) is 1. The van der Waals surface area contributed by atoms with Crippen LogP contribution in [0.4, 0.5) is 0 Å². The van der Waals surface area contributed by atoms with Crippen LogP contribution in [0.2, 0.25) is 0 Å². The van der Waals surface area contributed by atoms with E-state index >= 15 is 0 Å². The first-order valence-corrected chi connectivity index (χ1v) is 5.30. The molecule has 0 bridgehead atoms. The van der Waals surface area contributed by atoms with Crippen molar-refractivity contribution >= 4 is 12.0 Å². The fraction of sp³-hybridized carbons (Fsp3) is 0.455. The van der Waals surface area contributed by atoms with E-state index in [4.69, 9.17) is 5.11 Å². The van der Waals surface area contributed by atoms with Crippen molar-refractivity contribution in [2.45, 2.75) is 25.0 Å². The standard InChI is InChI=1S/C11H15N3O2/c1-14-9(4-5-12-14)2-3-11(16)13-8-6-10(15)7-8/h2-5,8,10,15H,6-7H2,1H3,(H,13,16). The van der Waals surface area contributed by atoms with Gasteiger partial charge in [-0.1, -0.05) is 0 Å². The van der Waals surface area contributed by atoms with E-state index in [0.29, 0.717) is 12.8 Å². The Hall–Kier alpha value is -1.62. The summed E-state index contributed by atoms with van der Waals surface area (Å²) in [5.74, 6) is -0.127. The molecule has 16 heavy (non-hydrogen) atoms. The third kappa shape index (κ3) is 2.49. The molecule has 0 saturated heterocycles. The summed E-state index contributed by atoms with van der Waals surface area (Å²) in [6.45, 7) is 0. The molecule has 2 rings (SSSR count). The molecular formula is C11H15N3O2. The van der Waals surface area contributed by atoms with Crippen LogP contribution in [0.1, 0.15) is 18.5 Å². The molecule has 0 spiro atoms. The van der Waals surface area contributed by atoms with E-state index in [9.17, 15) is 4.79 Å². The lowest BCUT2D eigenvalue weighted by Crippen LogP contribution is -2.46. The van der Waals surface area contributed by atoms with Crippen LogP contribution < -0.4 is 5.32 Å². The van der Waals surface area contributed by atoms with E-state index in [0.717, 1.165) is 5.69 Å². The molecule has 0 radical (unpaired) electrons. The molecule has 86 valence electrons. The van der Waals surface area contributed by atoms with Crippen molar-refractivity contribution in [2.75, 3.05) is 0 Å². The molecule has 0 atom stereocenters. The zero-order chi connectivity index (χ0) is 11.5. The van der Waals surface area contributed by atoms with Gasteiger partial charge in [-0.25, -0.2) is 0 Å². The highest BCUT2D eigenvalue weighted by molar-refractivity contribution is 5.91. The van der Waals surface area contributed by atoms with Crippen LogP contribution >= 0.6 is 0 Å². The molecule has 2 N–H and O–H groups in total. The fourth-order valence-corrected chi connectivity index (χ4v) is 1.66. The van der Waals surface area contributed by atoms with E-state index in [2.05, 4.69) is 10.4 Å². The zero-order valence-corrected chi connectivity index (χ0v) is 9.13. The smallest absolute Gasteiger partial charge is 0.244 e. The SMILES string of the molecule is Cn1nccc1C=CC(=O)NC1CC(O)C1. The van der Waals surface area contributed by atoms with Gasteiger partial charge in [-0.15, -0.1) is 0 Å². The van der Waals surface area contributed by atoms with E-state index in [1.54, 1.807) is 17.0 Å². The average molecular weight is 221 g/mol. The quantitative estimate of drug-likeness (QED) is 0.710. The predicted molar refractivity (Wildman–Crippen MR) is 59.4 cm³/mol. The molecule has 0 aromatic carbocycles. The van der Waals surface area contributed by atoms with Gasteiger partial charge in [0.05, 0.1) is 11.8 Å². The normalized spacial score (nSPS) is 24.4. The van der Waals surface area contributed by atoms with Crippen molar-refractivity contribution in [1.29, 1.82) is 0 Å². The molecule has 5 heteroatoms. The lowest BCUT2D eigenvalue weighted by atomic mass is 9.89. The average Bonchev–Trinajstić information content (AvgIpc) is 2.59. The Morgan fingerprint density at radius 2 is 2.44 bits per heavy atom. The zero-order valence-electron chi connectivity index (χ0n) is 9.13. The fourth-order valence-electron chi connectivity index (χ4n) is 1.66. The second-order valence-corrected chi connectivity index (χ2v) is 4.04. The van der Waals surface area contributed by atoms with Gasteiger partial charge in [-0.2, -0.15) is 5.10 Å². The lowest BCUT2D eigenvalue weighted by molar-refractivity contribution is -0.118. The molecule has 1 aromatic rings. The molecule has 1 saturated carbocycles. The summed E-state index contributed by atoms with van der Waals surface area (Å²) in [4.78, 5) is 11.5. The van der Waals surface area contributed by atoms with Crippen LogP contribution in [-0.4, -0.2) is 32.9 Å². The van der Waals surface area contributed by atoms with Crippen molar-refractivity contribution in [3.05, 3.63) is 24.0 Å². The summed E-state index contributed by atoms with van der Waals surface area (Å²) in [5, 5.41) is 15.9. The summed E-state index contributed by atoms with van der Waals surface area (Å²) in [6, 6.07) is 1.95. The van der Waals surface area contributed by atoms with Gasteiger partial charge in [0.25, 0.3) is 0 Å². The van der Waals surface area contributed by atoms with Crippen LogP contribution in [0.5, 0.6) is 0 Å². The summed E-state index contributed by atoms with van der Waals surface area (Å²) in [6.07, 6.45) is 5.96. The number of carbonyl (C=O) groups excluding carboxylic acids is 1. The number of aliphatic hydroxyl groups excluding tert-OH is 1. The van der Waals surface area contributed by atoms with Gasteiger partial charge in [0.2, 0.25) is 5.91 Å². The Morgan fingerprint density at radius 3 is 3.00 bits per heavy atom. The number of hydrogen-bond acceptors (Lipinski definition) is 3. The third-order valence-corrected chi connectivity index (χ3v) is 2.72. The van der Waals surface area contributed by atoms with Crippen LogP contribution in [0.15, 0.2) is 18.3 Å². The lowest BCUT2D eigenvalue weighted by Gasteiger charge is -2.31. The summed E-state index contributed by atoms with van der Waals surface area (Å²) >= 11 is 0. The number of nitrogens with zero attached hydrogens (tertiary/aromatic N) is 2. The number of amides is 1. The maximum absolute atomic E-state index is 11.5. The molecule has 5 nitrogen and oxygen atoms in total. The van der Waals surface area contributed by atoms with Crippen LogP contribution in [-0.2, 0) is 11.8 Å². The minimum Gasteiger partial charge on any atom is -0.393 e. The highest BCUT2D eigenvalue weighted by atomic mass is 16.3. The van der Waals surface area contributed by atoms with Gasteiger partial charge in [-0.05, 0) is 25.0 Å². The number of aromatic nitrogens is 2. The Balaban J connectivity index is 1.83. The maximum Gasteiger partial charge on any atom is 0.244 e.